The molecule has 0 aromatic heterocycles. The molecule has 0 spiro atoms. The van der Waals surface area contributed by atoms with Gasteiger partial charge in [0.1, 0.15) is 0 Å². The predicted octanol–water partition coefficient (Wildman–Crippen LogP) is 2.28. The fourth-order valence-electron chi connectivity index (χ4n) is 4.80. The van der Waals surface area contributed by atoms with Gasteiger partial charge in [-0.1, -0.05) is 25.0 Å². The van der Waals surface area contributed by atoms with Crippen LogP contribution in [0.15, 0.2) is 11.1 Å². The van der Waals surface area contributed by atoms with Crippen LogP contribution in [-0.2, 0) is 9.59 Å². The van der Waals surface area contributed by atoms with E-state index in [0.717, 1.165) is 45.2 Å². The van der Waals surface area contributed by atoms with E-state index < -0.39 is 17.8 Å². The van der Waals surface area contributed by atoms with Crippen LogP contribution in [0, 0.1) is 17.3 Å². The highest BCUT2D eigenvalue weighted by Crippen LogP contribution is 2.49. The minimum atomic E-state index is -1.05. The third-order valence-corrected chi connectivity index (χ3v) is 6.19. The lowest BCUT2D eigenvalue weighted by atomic mass is 9.63. The number of hydrogen-bond acceptors (Lipinski definition) is 3. The lowest BCUT2D eigenvalue weighted by molar-refractivity contribution is -0.313. The number of allylic oxidation sites excluding steroid dienone is 2. The van der Waals surface area contributed by atoms with Crippen molar-refractivity contribution in [2.45, 2.75) is 65.2 Å². The van der Waals surface area contributed by atoms with Gasteiger partial charge in [-0.2, -0.15) is 0 Å². The number of hydrogen-bond donors (Lipinski definition) is 0. The van der Waals surface area contributed by atoms with Crippen molar-refractivity contribution in [2.75, 3.05) is 13.1 Å². The molecule has 0 aromatic rings. The fourth-order valence-corrected chi connectivity index (χ4v) is 4.80. The van der Waals surface area contributed by atoms with Crippen molar-refractivity contribution in [3.05, 3.63) is 11.1 Å². The number of nitrogens with zero attached hydrogens (tertiary/aromatic N) is 1. The zero-order valence-electron chi connectivity index (χ0n) is 14.4. The second kappa shape index (κ2) is 6.29. The van der Waals surface area contributed by atoms with E-state index in [4.69, 9.17) is 0 Å². The van der Waals surface area contributed by atoms with Crippen molar-refractivity contribution in [1.82, 2.24) is 4.90 Å². The molecule has 3 rings (SSSR count). The van der Waals surface area contributed by atoms with Gasteiger partial charge in [0.15, 0.2) is 0 Å². The first-order valence-corrected chi connectivity index (χ1v) is 9.11. The summed E-state index contributed by atoms with van der Waals surface area (Å²) in [6, 6.07) is 0. The van der Waals surface area contributed by atoms with Crippen LogP contribution in [0.5, 0.6) is 0 Å². The van der Waals surface area contributed by atoms with E-state index in [1.807, 2.05) is 4.90 Å². The summed E-state index contributed by atoms with van der Waals surface area (Å²) in [6.07, 6.45) is 7.67. The van der Waals surface area contributed by atoms with Crippen molar-refractivity contribution in [1.29, 1.82) is 0 Å². The van der Waals surface area contributed by atoms with Gasteiger partial charge in [-0.05, 0) is 56.8 Å². The van der Waals surface area contributed by atoms with Gasteiger partial charge in [0.05, 0.1) is 5.92 Å². The van der Waals surface area contributed by atoms with Crippen LogP contribution in [0.1, 0.15) is 65.2 Å². The first-order chi connectivity index (χ1) is 10.9. The summed E-state index contributed by atoms with van der Waals surface area (Å²) < 4.78 is 0. The zero-order valence-corrected chi connectivity index (χ0v) is 14.4. The zero-order chi connectivity index (χ0) is 16.6. The Kier molecular flexibility index (Phi) is 4.52. The quantitative estimate of drug-likeness (QED) is 0.734. The highest BCUT2D eigenvalue weighted by molar-refractivity contribution is 5.85. The van der Waals surface area contributed by atoms with E-state index in [1.165, 1.54) is 17.6 Å². The van der Waals surface area contributed by atoms with Gasteiger partial charge >= 0.3 is 0 Å². The second-order valence-electron chi connectivity index (χ2n) is 8.15. The smallest absolute Gasteiger partial charge is 0.226 e. The number of carboxylic acid groups (broad SMARTS) is 1. The predicted molar refractivity (Wildman–Crippen MR) is 86.3 cm³/mol. The molecule has 1 heterocycles. The summed E-state index contributed by atoms with van der Waals surface area (Å²) in [5.41, 5.74) is 2.72. The summed E-state index contributed by atoms with van der Waals surface area (Å²) >= 11 is 0. The largest absolute Gasteiger partial charge is 0.550 e. The molecule has 1 fully saturated rings. The molecule has 0 saturated carbocycles. The second-order valence-corrected chi connectivity index (χ2v) is 8.15. The molecule has 23 heavy (non-hydrogen) atoms. The van der Waals surface area contributed by atoms with Crippen LogP contribution < -0.4 is 5.11 Å². The van der Waals surface area contributed by atoms with Crippen LogP contribution in [0.4, 0.5) is 0 Å². The molecule has 1 amide bonds. The average Bonchev–Trinajstić information content (AvgIpc) is 2.53. The van der Waals surface area contributed by atoms with E-state index in [1.54, 1.807) is 0 Å². The molecule has 0 unspecified atom stereocenters. The topological polar surface area (TPSA) is 60.4 Å². The van der Waals surface area contributed by atoms with Crippen molar-refractivity contribution in [2.24, 2.45) is 17.3 Å². The number of aliphatic carboxylic acids is 1. The van der Waals surface area contributed by atoms with Crippen LogP contribution in [-0.4, -0.2) is 29.9 Å². The van der Waals surface area contributed by atoms with Gasteiger partial charge in [0.2, 0.25) is 5.91 Å². The summed E-state index contributed by atoms with van der Waals surface area (Å²) in [6.45, 7) is 5.99. The van der Waals surface area contributed by atoms with Crippen molar-refractivity contribution in [3.63, 3.8) is 0 Å². The molecule has 1 saturated heterocycles. The van der Waals surface area contributed by atoms with Gasteiger partial charge < -0.3 is 14.8 Å². The van der Waals surface area contributed by atoms with Gasteiger partial charge in [0, 0.05) is 25.0 Å². The number of piperidine rings is 1. The minimum Gasteiger partial charge on any atom is -0.550 e. The molecule has 2 aliphatic carbocycles. The number of amides is 1. The number of carbonyl (C=O) groups is 2. The van der Waals surface area contributed by atoms with E-state index in [0.29, 0.717) is 12.8 Å². The number of rotatable bonds is 2. The first-order valence-electron chi connectivity index (χ1n) is 9.11. The van der Waals surface area contributed by atoms with Crippen molar-refractivity contribution in [3.8, 4) is 0 Å². The van der Waals surface area contributed by atoms with Crippen LogP contribution in [0.3, 0.4) is 0 Å². The lowest BCUT2D eigenvalue weighted by Crippen LogP contribution is -2.48. The molecule has 0 bridgehead atoms. The Labute approximate surface area is 138 Å². The summed E-state index contributed by atoms with van der Waals surface area (Å²) in [5.74, 6) is -2.06. The normalized spacial score (nSPS) is 30.8. The van der Waals surface area contributed by atoms with E-state index in [-0.39, 0.29) is 11.3 Å². The van der Waals surface area contributed by atoms with Gasteiger partial charge in [-0.25, -0.2) is 0 Å². The molecule has 1 aliphatic heterocycles. The molecule has 128 valence electrons. The Morgan fingerprint density at radius 1 is 1.04 bits per heavy atom. The maximum absolute atomic E-state index is 12.9. The monoisotopic (exact) mass is 318 g/mol. The van der Waals surface area contributed by atoms with Gasteiger partial charge in [-0.3, -0.25) is 4.79 Å². The Bertz CT molecular complexity index is 529. The number of likely N-dealkylation sites (tertiary alicyclic amines) is 1. The summed E-state index contributed by atoms with van der Waals surface area (Å²) in [4.78, 5) is 26.5. The maximum Gasteiger partial charge on any atom is 0.226 e. The maximum atomic E-state index is 12.9. The van der Waals surface area contributed by atoms with Crippen LogP contribution in [0.2, 0.25) is 0 Å². The van der Waals surface area contributed by atoms with Gasteiger partial charge in [-0.15, -0.1) is 0 Å². The summed E-state index contributed by atoms with van der Waals surface area (Å²) in [7, 11) is 0. The Hall–Kier alpha value is -1.32. The standard InChI is InChI=1S/C19H29NO3/c1-19(2)8-6-7-13-11-14(15(18(22)23)12-16(13)19)17(21)20-9-4-3-5-10-20/h14-15H,3-12H2,1-2H3,(H,22,23)/p-1/t14-,15-/m0/s1. The molecule has 3 aliphatic rings. The Morgan fingerprint density at radius 3 is 2.39 bits per heavy atom. The molecule has 0 N–H and O–H groups in total. The van der Waals surface area contributed by atoms with Crippen LogP contribution >= 0.6 is 0 Å². The summed E-state index contributed by atoms with van der Waals surface area (Å²) in [5, 5.41) is 11.7. The number of carboxylic acids is 1. The SMILES string of the molecule is CC1(C)CCCC2=C1C[C@H](C(=O)[O-])[C@@H](C(=O)N1CCCCC1)C2. The highest BCUT2D eigenvalue weighted by Gasteiger charge is 2.42. The van der Waals surface area contributed by atoms with E-state index in [2.05, 4.69) is 13.8 Å². The fraction of sp³-hybridized carbons (Fsp3) is 0.789. The lowest BCUT2D eigenvalue weighted by Gasteiger charge is -2.44. The van der Waals surface area contributed by atoms with Gasteiger partial charge in [0.25, 0.3) is 0 Å². The molecule has 2 atom stereocenters. The molecule has 0 aromatic carbocycles. The molecule has 4 nitrogen and oxygen atoms in total. The minimum absolute atomic E-state index is 0.0498. The highest BCUT2D eigenvalue weighted by atomic mass is 16.4. The van der Waals surface area contributed by atoms with Crippen molar-refractivity contribution >= 4 is 11.9 Å². The van der Waals surface area contributed by atoms with Crippen molar-refractivity contribution < 1.29 is 14.7 Å². The Morgan fingerprint density at radius 2 is 1.74 bits per heavy atom. The molecular weight excluding hydrogens is 290 g/mol. The van der Waals surface area contributed by atoms with E-state index in [9.17, 15) is 14.7 Å². The third-order valence-electron chi connectivity index (χ3n) is 6.19. The molecule has 0 radical (unpaired) electrons. The van der Waals surface area contributed by atoms with Crippen LogP contribution in [0.25, 0.3) is 0 Å². The third kappa shape index (κ3) is 3.17. The number of carbonyl (C=O) groups excluding carboxylic acids is 2. The molecule has 4 heteroatoms. The first kappa shape index (κ1) is 16.5. The molecular formula is C19H28NO3-. The average molecular weight is 318 g/mol. The Balaban J connectivity index is 1.86. The van der Waals surface area contributed by atoms with E-state index >= 15 is 0 Å².